The fraction of sp³-hybridized carbons (Fsp3) is 0.368. The molecule has 8 nitrogen and oxygen atoms in total. The van der Waals surface area contributed by atoms with Crippen molar-refractivity contribution in [3.63, 3.8) is 0 Å². The fourth-order valence-electron chi connectivity index (χ4n) is 3.55. The van der Waals surface area contributed by atoms with Crippen LogP contribution in [-0.2, 0) is 0 Å². The van der Waals surface area contributed by atoms with Gasteiger partial charge in [0.05, 0.1) is 15.7 Å². The Morgan fingerprint density at radius 3 is 2.82 bits per heavy atom. The molecule has 28 heavy (non-hydrogen) atoms. The van der Waals surface area contributed by atoms with Gasteiger partial charge in [0.15, 0.2) is 0 Å². The predicted molar refractivity (Wildman–Crippen MR) is 110 cm³/mol. The summed E-state index contributed by atoms with van der Waals surface area (Å²) in [6.07, 6.45) is 5.84. The number of rotatable bonds is 7. The zero-order chi connectivity index (χ0) is 19.3. The molecular weight excluding hydrogens is 374 g/mol. The third-order valence-corrected chi connectivity index (χ3v) is 6.28. The number of fused-ring (bicyclic) bond motifs is 1. The van der Waals surface area contributed by atoms with E-state index in [2.05, 4.69) is 25.6 Å². The quantitative estimate of drug-likeness (QED) is 0.483. The van der Waals surface area contributed by atoms with Crippen LogP contribution < -0.4 is 22.1 Å². The molecule has 1 amide bonds. The highest BCUT2D eigenvalue weighted by molar-refractivity contribution is 7.16. The van der Waals surface area contributed by atoms with Crippen LogP contribution in [0.15, 0.2) is 29.9 Å². The van der Waals surface area contributed by atoms with Crippen LogP contribution >= 0.6 is 11.3 Å². The monoisotopic (exact) mass is 395 g/mol. The number of thiazole rings is 1. The first-order valence-electron chi connectivity index (χ1n) is 9.34. The maximum absolute atomic E-state index is 11.9. The highest BCUT2D eigenvalue weighted by atomic mass is 32.1. The third-order valence-electron chi connectivity index (χ3n) is 5.47. The number of carbonyl (C=O) groups excluding carboxylic acids is 1. The van der Waals surface area contributed by atoms with Crippen molar-refractivity contribution in [2.45, 2.75) is 37.3 Å². The normalized spacial score (nSPS) is 18.6. The molecule has 2 aromatic heterocycles. The molecule has 144 valence electrons. The summed E-state index contributed by atoms with van der Waals surface area (Å²) < 4.78 is 1.09. The van der Waals surface area contributed by atoms with Crippen LogP contribution in [0.2, 0.25) is 0 Å². The predicted octanol–water partition coefficient (Wildman–Crippen LogP) is 2.61. The van der Waals surface area contributed by atoms with E-state index < -0.39 is 5.91 Å². The lowest BCUT2D eigenvalue weighted by Crippen LogP contribution is -2.44. The maximum Gasteiger partial charge on any atom is 0.254 e. The Balaban J connectivity index is 1.44. The second-order valence-electron chi connectivity index (χ2n) is 7.67. The van der Waals surface area contributed by atoms with Gasteiger partial charge in [-0.15, -0.1) is 11.3 Å². The second kappa shape index (κ2) is 6.39. The number of primary amides is 1. The second-order valence-corrected chi connectivity index (χ2v) is 8.56. The molecule has 2 fully saturated rings. The Labute approximate surface area is 165 Å². The fourth-order valence-corrected chi connectivity index (χ4v) is 4.21. The van der Waals surface area contributed by atoms with Crippen LogP contribution in [0.4, 0.5) is 17.5 Å². The number of carbonyl (C=O) groups is 1. The number of benzene rings is 1. The van der Waals surface area contributed by atoms with E-state index in [-0.39, 0.29) is 17.1 Å². The van der Waals surface area contributed by atoms with E-state index in [9.17, 15) is 4.79 Å². The van der Waals surface area contributed by atoms with Crippen LogP contribution in [0.5, 0.6) is 0 Å². The average Bonchev–Trinajstić information content (AvgIpc) is 3.59. The topological polar surface area (TPSA) is 132 Å². The van der Waals surface area contributed by atoms with Gasteiger partial charge in [0.1, 0.15) is 11.4 Å². The van der Waals surface area contributed by atoms with Crippen molar-refractivity contribution in [2.75, 3.05) is 10.6 Å². The number of nitrogens with one attached hydrogen (secondary N) is 2. The van der Waals surface area contributed by atoms with Crippen LogP contribution in [0, 0.1) is 5.92 Å². The molecule has 2 aliphatic rings. The molecule has 0 radical (unpaired) electrons. The van der Waals surface area contributed by atoms with Crippen molar-refractivity contribution in [1.29, 1.82) is 0 Å². The van der Waals surface area contributed by atoms with Crippen molar-refractivity contribution in [1.82, 2.24) is 15.0 Å². The summed E-state index contributed by atoms with van der Waals surface area (Å²) in [5.74, 6) is 0.808. The van der Waals surface area contributed by atoms with E-state index >= 15 is 0 Å². The average molecular weight is 395 g/mol. The summed E-state index contributed by atoms with van der Waals surface area (Å²) in [6.45, 7) is 0. The van der Waals surface area contributed by atoms with Crippen molar-refractivity contribution in [2.24, 2.45) is 17.4 Å². The van der Waals surface area contributed by atoms with E-state index in [0.29, 0.717) is 17.7 Å². The van der Waals surface area contributed by atoms with Gasteiger partial charge >= 0.3 is 0 Å². The zero-order valence-electron chi connectivity index (χ0n) is 15.2. The number of aromatic nitrogens is 3. The van der Waals surface area contributed by atoms with Crippen LogP contribution in [-0.4, -0.2) is 32.4 Å². The zero-order valence-corrected chi connectivity index (χ0v) is 16.0. The Hall–Kier alpha value is -2.78. The molecule has 5 rings (SSSR count). The van der Waals surface area contributed by atoms with E-state index in [1.54, 1.807) is 16.8 Å². The lowest BCUT2D eigenvalue weighted by atomic mass is 10.0. The first-order valence-corrected chi connectivity index (χ1v) is 10.2. The van der Waals surface area contributed by atoms with Gasteiger partial charge in [-0.3, -0.25) is 4.79 Å². The lowest BCUT2D eigenvalue weighted by Gasteiger charge is -2.25. The van der Waals surface area contributed by atoms with Gasteiger partial charge in [-0.2, -0.15) is 4.98 Å². The molecule has 2 heterocycles. The van der Waals surface area contributed by atoms with Gasteiger partial charge in [0.2, 0.25) is 5.95 Å². The minimum absolute atomic E-state index is 0.158. The number of amides is 1. The summed E-state index contributed by atoms with van der Waals surface area (Å²) in [6, 6.07) is 5.98. The molecule has 0 saturated heterocycles. The third kappa shape index (κ3) is 3.27. The first-order chi connectivity index (χ1) is 13.5. The molecule has 2 saturated carbocycles. The number of hydrogen-bond acceptors (Lipinski definition) is 8. The highest BCUT2D eigenvalue weighted by Crippen LogP contribution is 2.47. The van der Waals surface area contributed by atoms with Crippen molar-refractivity contribution < 1.29 is 4.79 Å². The number of nitrogens with two attached hydrogens (primary N) is 2. The van der Waals surface area contributed by atoms with Gasteiger partial charge in [-0.05, 0) is 49.8 Å². The molecule has 0 spiro atoms. The summed E-state index contributed by atoms with van der Waals surface area (Å²) in [5.41, 5.74) is 15.5. The summed E-state index contributed by atoms with van der Waals surface area (Å²) >= 11 is 1.58. The Morgan fingerprint density at radius 1 is 1.29 bits per heavy atom. The summed E-state index contributed by atoms with van der Waals surface area (Å²) in [7, 11) is 0. The van der Waals surface area contributed by atoms with E-state index in [1.165, 1.54) is 19.0 Å². The van der Waals surface area contributed by atoms with Gasteiger partial charge in [0.25, 0.3) is 5.91 Å². The van der Waals surface area contributed by atoms with Crippen molar-refractivity contribution in [3.05, 3.63) is 35.5 Å². The van der Waals surface area contributed by atoms with Gasteiger partial charge in [0, 0.05) is 23.5 Å². The molecule has 1 aromatic carbocycles. The lowest BCUT2D eigenvalue weighted by molar-refractivity contribution is 0.100. The van der Waals surface area contributed by atoms with E-state index in [1.807, 2.05) is 18.2 Å². The van der Waals surface area contributed by atoms with Crippen LogP contribution in [0.3, 0.4) is 0 Å². The first kappa shape index (κ1) is 17.3. The van der Waals surface area contributed by atoms with Crippen molar-refractivity contribution >= 4 is 44.9 Å². The number of hydrogen-bond donors (Lipinski definition) is 4. The Bertz CT molecular complexity index is 1060. The highest BCUT2D eigenvalue weighted by Gasteiger charge is 2.52. The minimum atomic E-state index is -0.583. The number of nitrogens with zero attached hydrogens (tertiary/aromatic N) is 3. The van der Waals surface area contributed by atoms with E-state index in [4.69, 9.17) is 11.5 Å². The molecule has 1 atom stereocenters. The van der Waals surface area contributed by atoms with Gasteiger partial charge in [-0.25, -0.2) is 9.97 Å². The Morgan fingerprint density at radius 2 is 2.11 bits per heavy atom. The minimum Gasteiger partial charge on any atom is -0.365 e. The maximum atomic E-state index is 11.9. The van der Waals surface area contributed by atoms with Crippen LogP contribution in [0.1, 0.15) is 36.0 Å². The molecule has 6 N–H and O–H groups in total. The van der Waals surface area contributed by atoms with Gasteiger partial charge < -0.3 is 22.1 Å². The summed E-state index contributed by atoms with van der Waals surface area (Å²) in [4.78, 5) is 25.0. The molecule has 0 aliphatic heterocycles. The Kier molecular flexibility index (Phi) is 3.95. The SMILES string of the molecule is NC(=O)c1cnc(N[C@H](C2CC2)C2(N)CC2)nc1Nc1ccc2scnc2c1. The van der Waals surface area contributed by atoms with Gasteiger partial charge in [-0.1, -0.05) is 0 Å². The molecule has 3 aromatic rings. The van der Waals surface area contributed by atoms with Crippen LogP contribution in [0.25, 0.3) is 10.2 Å². The molecule has 0 unspecified atom stereocenters. The van der Waals surface area contributed by atoms with Crippen molar-refractivity contribution in [3.8, 4) is 0 Å². The van der Waals surface area contributed by atoms with E-state index in [0.717, 1.165) is 28.7 Å². The molecule has 2 aliphatic carbocycles. The molecular formula is C19H21N7OS. The molecule has 9 heteroatoms. The standard InChI is InChI=1S/C19H21N7OS/c20-16(27)12-8-22-18(25-15(10-1-2-10)19(21)5-6-19)26-17(12)24-11-3-4-14-13(7-11)23-9-28-14/h3-4,7-10,15H,1-2,5-6,21H2,(H2,20,27)(H2,22,24,25,26)/t15-/m1/s1. The number of anilines is 3. The smallest absolute Gasteiger partial charge is 0.254 e. The largest absolute Gasteiger partial charge is 0.365 e. The summed E-state index contributed by atoms with van der Waals surface area (Å²) in [5, 5.41) is 6.60. The molecule has 0 bridgehead atoms.